The minimum Gasteiger partial charge on any atom is -0.496 e. The van der Waals surface area contributed by atoms with E-state index in [1.54, 1.807) is 39.3 Å². The van der Waals surface area contributed by atoms with Crippen molar-refractivity contribution < 1.29 is 18.9 Å². The van der Waals surface area contributed by atoms with Gasteiger partial charge in [-0.15, -0.1) is 17.7 Å². The molecule has 1 heterocycles. The Morgan fingerprint density at radius 3 is 2.04 bits per heavy atom. The molecule has 8 heteroatoms. The van der Waals surface area contributed by atoms with E-state index in [1.165, 1.54) is 0 Å². The average Bonchev–Trinajstić information content (AvgIpc) is 3.16. The molecule has 0 aliphatic carbocycles. The lowest BCUT2D eigenvalue weighted by Crippen LogP contribution is -2.03. The lowest BCUT2D eigenvalue weighted by molar-refractivity contribution is 0.324. The highest BCUT2D eigenvalue weighted by molar-refractivity contribution is 7.80. The number of ether oxygens (including phenoxy) is 4. The van der Waals surface area contributed by atoms with Crippen LogP contribution in [-0.2, 0) is 0 Å². The van der Waals surface area contributed by atoms with Gasteiger partial charge in [0.25, 0.3) is 0 Å². The predicted octanol–water partition coefficient (Wildman–Crippen LogP) is 3.26. The average molecular weight is 373 g/mol. The van der Waals surface area contributed by atoms with Crippen molar-refractivity contribution >= 4 is 12.6 Å². The molecule has 1 aromatic heterocycles. The van der Waals surface area contributed by atoms with Gasteiger partial charge in [0.1, 0.15) is 5.75 Å². The maximum absolute atomic E-state index is 5.42. The van der Waals surface area contributed by atoms with Gasteiger partial charge in [-0.05, 0) is 18.2 Å². The van der Waals surface area contributed by atoms with Gasteiger partial charge in [0.05, 0.1) is 46.0 Å². The maximum atomic E-state index is 5.42. The number of methoxy groups -OCH3 is 4. The minimum atomic E-state index is 0.516. The third-order valence-electron chi connectivity index (χ3n) is 3.92. The smallest absolute Gasteiger partial charge is 0.203 e. The van der Waals surface area contributed by atoms with Crippen molar-refractivity contribution in [2.45, 2.75) is 4.90 Å². The van der Waals surface area contributed by atoms with E-state index in [0.717, 1.165) is 21.8 Å². The fourth-order valence-corrected chi connectivity index (χ4v) is 2.97. The highest BCUT2D eigenvalue weighted by atomic mass is 32.1. The van der Waals surface area contributed by atoms with Crippen molar-refractivity contribution in [1.29, 1.82) is 0 Å². The summed E-state index contributed by atoms with van der Waals surface area (Å²) < 4.78 is 23.2. The van der Waals surface area contributed by atoms with E-state index >= 15 is 0 Å². The molecule has 0 fully saturated rings. The molecule has 0 aliphatic heterocycles. The quantitative estimate of drug-likeness (QED) is 0.669. The monoisotopic (exact) mass is 373 g/mol. The maximum Gasteiger partial charge on any atom is 0.203 e. The molecule has 0 saturated carbocycles. The van der Waals surface area contributed by atoms with Crippen LogP contribution in [0, 0.1) is 0 Å². The van der Waals surface area contributed by atoms with Crippen LogP contribution in [0.2, 0.25) is 0 Å². The minimum absolute atomic E-state index is 0.516. The molecule has 0 bridgehead atoms. The van der Waals surface area contributed by atoms with Crippen LogP contribution in [0.5, 0.6) is 23.0 Å². The van der Waals surface area contributed by atoms with Crippen molar-refractivity contribution in [1.82, 2.24) is 15.0 Å². The molecule has 0 atom stereocenters. The predicted molar refractivity (Wildman–Crippen MR) is 100 cm³/mol. The normalized spacial score (nSPS) is 10.5. The number of benzene rings is 2. The van der Waals surface area contributed by atoms with Crippen LogP contribution < -0.4 is 18.9 Å². The second-order valence-corrected chi connectivity index (χ2v) is 5.78. The van der Waals surface area contributed by atoms with Crippen molar-refractivity contribution in [3.05, 3.63) is 36.5 Å². The Labute approximate surface area is 156 Å². The Morgan fingerprint density at radius 1 is 0.846 bits per heavy atom. The van der Waals surface area contributed by atoms with Crippen LogP contribution in [-0.4, -0.2) is 43.4 Å². The summed E-state index contributed by atoms with van der Waals surface area (Å²) in [7, 11) is 6.31. The van der Waals surface area contributed by atoms with Crippen molar-refractivity contribution in [2.24, 2.45) is 0 Å². The molecule has 0 N–H and O–H groups in total. The zero-order valence-corrected chi connectivity index (χ0v) is 15.8. The Balaban J connectivity index is 2.13. The zero-order valence-electron chi connectivity index (χ0n) is 14.9. The van der Waals surface area contributed by atoms with Crippen LogP contribution in [0.1, 0.15) is 0 Å². The molecule has 0 aliphatic rings. The van der Waals surface area contributed by atoms with Crippen LogP contribution in [0.15, 0.2) is 41.4 Å². The van der Waals surface area contributed by atoms with Gasteiger partial charge in [0, 0.05) is 22.6 Å². The summed E-state index contributed by atoms with van der Waals surface area (Å²) in [6, 6.07) is 9.29. The van der Waals surface area contributed by atoms with E-state index in [9.17, 15) is 0 Å². The lowest BCUT2D eigenvalue weighted by Gasteiger charge is -2.15. The summed E-state index contributed by atoms with van der Waals surface area (Å²) in [6.07, 6.45) is 1.68. The summed E-state index contributed by atoms with van der Waals surface area (Å²) in [5.74, 6) is 2.28. The van der Waals surface area contributed by atoms with E-state index in [4.69, 9.17) is 18.9 Å². The molecule has 0 unspecified atom stereocenters. The van der Waals surface area contributed by atoms with Crippen molar-refractivity contribution in [2.75, 3.05) is 28.4 Å². The molecule has 136 valence electrons. The molecule has 0 radical (unpaired) electrons. The zero-order chi connectivity index (χ0) is 18.7. The highest BCUT2D eigenvalue weighted by Crippen LogP contribution is 2.40. The topological polar surface area (TPSA) is 67.6 Å². The number of aromatic nitrogens is 3. The lowest BCUT2D eigenvalue weighted by atomic mass is 10.1. The number of nitrogens with zero attached hydrogens (tertiary/aromatic N) is 3. The fraction of sp³-hybridized carbons (Fsp3) is 0.222. The van der Waals surface area contributed by atoms with E-state index in [2.05, 4.69) is 22.9 Å². The van der Waals surface area contributed by atoms with Crippen LogP contribution in [0.25, 0.3) is 16.9 Å². The van der Waals surface area contributed by atoms with Gasteiger partial charge < -0.3 is 18.9 Å². The van der Waals surface area contributed by atoms with Crippen molar-refractivity contribution in [3.63, 3.8) is 0 Å². The molecular weight excluding hydrogens is 354 g/mol. The molecule has 0 spiro atoms. The fourth-order valence-electron chi connectivity index (χ4n) is 2.66. The van der Waals surface area contributed by atoms with Gasteiger partial charge in [-0.1, -0.05) is 5.21 Å². The summed E-state index contributed by atoms with van der Waals surface area (Å²) >= 11 is 4.46. The number of thiol groups is 1. The second kappa shape index (κ2) is 7.57. The van der Waals surface area contributed by atoms with E-state index in [-0.39, 0.29) is 0 Å². The molecular formula is C18H19N3O4S. The molecule has 0 amide bonds. The molecule has 7 nitrogen and oxygen atoms in total. The Morgan fingerprint density at radius 2 is 1.50 bits per heavy atom. The molecule has 3 rings (SSSR count). The van der Waals surface area contributed by atoms with Crippen LogP contribution >= 0.6 is 12.6 Å². The van der Waals surface area contributed by atoms with Crippen LogP contribution in [0.4, 0.5) is 0 Å². The highest BCUT2D eigenvalue weighted by Gasteiger charge is 2.17. The number of rotatable bonds is 6. The molecule has 26 heavy (non-hydrogen) atoms. The van der Waals surface area contributed by atoms with Crippen molar-refractivity contribution in [3.8, 4) is 39.9 Å². The summed E-state index contributed by atoms with van der Waals surface area (Å²) in [4.78, 5) is 0.725. The first-order valence-corrected chi connectivity index (χ1v) is 8.16. The second-order valence-electron chi connectivity index (χ2n) is 5.30. The van der Waals surface area contributed by atoms with Crippen LogP contribution in [0.3, 0.4) is 0 Å². The van der Waals surface area contributed by atoms with Gasteiger partial charge >= 0.3 is 0 Å². The first-order chi connectivity index (χ1) is 12.6. The summed E-state index contributed by atoms with van der Waals surface area (Å²) in [5, 5.41) is 8.24. The summed E-state index contributed by atoms with van der Waals surface area (Å²) in [5.41, 5.74) is 2.41. The van der Waals surface area contributed by atoms with Gasteiger partial charge in [-0.2, -0.15) is 0 Å². The molecule has 3 aromatic rings. The third-order valence-corrected chi connectivity index (χ3v) is 4.27. The van der Waals surface area contributed by atoms with Gasteiger partial charge in [0.2, 0.25) is 5.75 Å². The molecule has 2 aromatic carbocycles. The van der Waals surface area contributed by atoms with Gasteiger partial charge in [0.15, 0.2) is 11.5 Å². The third kappa shape index (κ3) is 3.15. The molecule has 0 saturated heterocycles. The standard InChI is InChI=1S/C18H19N3O4S/c1-22-14-6-5-11(7-17(14)26)13-10-19-20-21(13)12-8-15(23-2)18(25-4)16(9-12)24-3/h5-10,26H,1-4H3. The van der Waals surface area contributed by atoms with E-state index < -0.39 is 0 Å². The Bertz CT molecular complexity index is 902. The number of hydrogen-bond donors (Lipinski definition) is 1. The Hall–Kier alpha value is -2.87. The van der Waals surface area contributed by atoms with E-state index in [1.807, 2.05) is 30.3 Å². The number of hydrogen-bond acceptors (Lipinski definition) is 7. The van der Waals surface area contributed by atoms with Gasteiger partial charge in [-0.3, -0.25) is 0 Å². The largest absolute Gasteiger partial charge is 0.496 e. The Kier molecular flexibility index (Phi) is 5.22. The van der Waals surface area contributed by atoms with Gasteiger partial charge in [-0.25, -0.2) is 4.68 Å². The summed E-state index contributed by atoms with van der Waals surface area (Å²) in [6.45, 7) is 0. The van der Waals surface area contributed by atoms with E-state index in [0.29, 0.717) is 23.0 Å². The first kappa shape index (κ1) is 17.9. The first-order valence-electron chi connectivity index (χ1n) is 7.71. The SMILES string of the molecule is COc1ccc(-c2cnnn2-c2cc(OC)c(OC)c(OC)c2)cc1S.